The van der Waals surface area contributed by atoms with Crippen molar-refractivity contribution < 1.29 is 4.42 Å². The fourth-order valence-electron chi connectivity index (χ4n) is 2.54. The molecule has 0 saturated carbocycles. The molecule has 0 fully saturated rings. The average Bonchev–Trinajstić information content (AvgIpc) is 3.08. The van der Waals surface area contributed by atoms with Crippen LogP contribution >= 0.6 is 15.9 Å². The normalized spacial score (nSPS) is 12.9. The molecule has 5 heteroatoms. The molecule has 1 aromatic carbocycles. The Morgan fingerprint density at radius 1 is 1.43 bits per heavy atom. The first-order valence-corrected chi connectivity index (χ1v) is 7.89. The van der Waals surface area contributed by atoms with Gasteiger partial charge in [0, 0.05) is 23.7 Å². The van der Waals surface area contributed by atoms with Gasteiger partial charge in [0.2, 0.25) is 0 Å². The molecule has 0 aliphatic rings. The van der Waals surface area contributed by atoms with Crippen LogP contribution in [0.2, 0.25) is 0 Å². The molecule has 0 spiro atoms. The van der Waals surface area contributed by atoms with Crippen LogP contribution in [-0.2, 0) is 6.54 Å². The largest absolute Gasteiger partial charge is 0.458 e. The molecule has 0 aliphatic heterocycles. The van der Waals surface area contributed by atoms with Gasteiger partial charge in [0.05, 0.1) is 16.7 Å². The maximum Gasteiger partial charge on any atom is 0.148 e. The average molecular weight is 348 g/mol. The van der Waals surface area contributed by atoms with E-state index in [-0.39, 0.29) is 6.04 Å². The second-order valence-electron chi connectivity index (χ2n) is 5.07. The Morgan fingerprint density at radius 2 is 2.29 bits per heavy atom. The highest BCUT2D eigenvalue weighted by Crippen LogP contribution is 2.31. The molecule has 1 unspecified atom stereocenters. The lowest BCUT2D eigenvalue weighted by molar-refractivity contribution is 0.490. The van der Waals surface area contributed by atoms with E-state index in [2.05, 4.69) is 51.6 Å². The summed E-state index contributed by atoms with van der Waals surface area (Å²) >= 11 is 3.53. The lowest BCUT2D eigenvalue weighted by atomic mass is 10.1. The smallest absolute Gasteiger partial charge is 0.148 e. The standard InChI is InChI=1S/C16H18BrN3O/c1-3-7-20-10-12(9-19-20)15(18-2)14-8-11-5-4-6-13(17)16(11)21-14/h4-6,8-10,15,18H,3,7H2,1-2H3. The highest BCUT2D eigenvalue weighted by atomic mass is 79.9. The van der Waals surface area contributed by atoms with Gasteiger partial charge in [0.25, 0.3) is 0 Å². The van der Waals surface area contributed by atoms with E-state index in [9.17, 15) is 0 Å². The summed E-state index contributed by atoms with van der Waals surface area (Å²) in [6.45, 7) is 3.08. The van der Waals surface area contributed by atoms with Gasteiger partial charge < -0.3 is 9.73 Å². The number of hydrogen-bond donors (Lipinski definition) is 1. The van der Waals surface area contributed by atoms with Crippen molar-refractivity contribution in [1.82, 2.24) is 15.1 Å². The molecule has 0 amide bonds. The summed E-state index contributed by atoms with van der Waals surface area (Å²) in [7, 11) is 1.93. The molecule has 1 atom stereocenters. The molecule has 2 heterocycles. The first-order valence-electron chi connectivity index (χ1n) is 7.10. The van der Waals surface area contributed by atoms with Crippen LogP contribution in [0.3, 0.4) is 0 Å². The van der Waals surface area contributed by atoms with Gasteiger partial charge in [0.15, 0.2) is 0 Å². The van der Waals surface area contributed by atoms with E-state index in [0.717, 1.165) is 39.7 Å². The van der Waals surface area contributed by atoms with E-state index in [0.29, 0.717) is 0 Å². The fraction of sp³-hybridized carbons (Fsp3) is 0.312. The van der Waals surface area contributed by atoms with Gasteiger partial charge >= 0.3 is 0 Å². The maximum atomic E-state index is 6.03. The Balaban J connectivity index is 1.98. The Labute approximate surface area is 132 Å². The molecule has 0 saturated heterocycles. The van der Waals surface area contributed by atoms with Crippen molar-refractivity contribution in [3.05, 3.63) is 52.5 Å². The molecule has 3 rings (SSSR count). The Kier molecular flexibility index (Phi) is 4.12. The molecule has 0 aliphatic carbocycles. The highest BCUT2D eigenvalue weighted by Gasteiger charge is 2.19. The van der Waals surface area contributed by atoms with Crippen LogP contribution < -0.4 is 5.32 Å². The van der Waals surface area contributed by atoms with E-state index in [1.807, 2.05) is 30.1 Å². The topological polar surface area (TPSA) is 43.0 Å². The summed E-state index contributed by atoms with van der Waals surface area (Å²) in [6, 6.07) is 8.15. The summed E-state index contributed by atoms with van der Waals surface area (Å²) in [5, 5.41) is 8.80. The Morgan fingerprint density at radius 3 is 3.00 bits per heavy atom. The van der Waals surface area contributed by atoms with Crippen molar-refractivity contribution in [3.8, 4) is 0 Å². The number of rotatable bonds is 5. The van der Waals surface area contributed by atoms with Gasteiger partial charge in [-0.05, 0) is 41.5 Å². The molecule has 0 radical (unpaired) electrons. The molecule has 0 bridgehead atoms. The van der Waals surface area contributed by atoms with E-state index in [4.69, 9.17) is 4.42 Å². The number of nitrogens with one attached hydrogen (secondary N) is 1. The molecule has 2 aromatic heterocycles. The molecule has 1 N–H and O–H groups in total. The van der Waals surface area contributed by atoms with Crippen LogP contribution in [0, 0.1) is 0 Å². The van der Waals surface area contributed by atoms with E-state index >= 15 is 0 Å². The Hall–Kier alpha value is -1.59. The number of aromatic nitrogens is 2. The predicted octanol–water partition coefficient (Wildman–Crippen LogP) is 4.11. The summed E-state index contributed by atoms with van der Waals surface area (Å²) < 4.78 is 8.97. The second kappa shape index (κ2) is 6.03. The zero-order chi connectivity index (χ0) is 14.8. The van der Waals surface area contributed by atoms with Crippen molar-refractivity contribution in [2.45, 2.75) is 25.9 Å². The summed E-state index contributed by atoms with van der Waals surface area (Å²) in [5.41, 5.74) is 2.00. The number of aryl methyl sites for hydroxylation is 1. The fourth-order valence-corrected chi connectivity index (χ4v) is 3.01. The third kappa shape index (κ3) is 2.76. The molecule has 21 heavy (non-hydrogen) atoms. The number of fused-ring (bicyclic) bond motifs is 1. The molecular formula is C16H18BrN3O. The molecule has 110 valence electrons. The number of benzene rings is 1. The number of furan rings is 1. The minimum atomic E-state index is 0.00917. The summed E-state index contributed by atoms with van der Waals surface area (Å²) in [6.07, 6.45) is 5.05. The predicted molar refractivity (Wildman–Crippen MR) is 87.3 cm³/mol. The first-order chi connectivity index (χ1) is 10.2. The van der Waals surface area contributed by atoms with Crippen molar-refractivity contribution >= 4 is 26.9 Å². The zero-order valence-electron chi connectivity index (χ0n) is 12.1. The highest BCUT2D eigenvalue weighted by molar-refractivity contribution is 9.10. The zero-order valence-corrected chi connectivity index (χ0v) is 13.7. The third-order valence-electron chi connectivity index (χ3n) is 3.53. The third-order valence-corrected chi connectivity index (χ3v) is 4.15. The lowest BCUT2D eigenvalue weighted by Gasteiger charge is -2.11. The number of hydrogen-bond acceptors (Lipinski definition) is 3. The molecule has 3 aromatic rings. The number of para-hydroxylation sites is 1. The van der Waals surface area contributed by atoms with Gasteiger partial charge in [-0.25, -0.2) is 0 Å². The minimum absolute atomic E-state index is 0.00917. The minimum Gasteiger partial charge on any atom is -0.458 e. The van der Waals surface area contributed by atoms with Crippen LogP contribution in [0.15, 0.2) is 45.5 Å². The van der Waals surface area contributed by atoms with Gasteiger partial charge in [0.1, 0.15) is 11.3 Å². The second-order valence-corrected chi connectivity index (χ2v) is 5.92. The summed E-state index contributed by atoms with van der Waals surface area (Å²) in [5.74, 6) is 0.899. The van der Waals surface area contributed by atoms with Crippen LogP contribution in [-0.4, -0.2) is 16.8 Å². The molecular weight excluding hydrogens is 330 g/mol. The lowest BCUT2D eigenvalue weighted by Crippen LogP contribution is -2.16. The monoisotopic (exact) mass is 347 g/mol. The SMILES string of the molecule is CCCn1cc(C(NC)c2cc3cccc(Br)c3o2)cn1. The Bertz CT molecular complexity index is 747. The summed E-state index contributed by atoms with van der Waals surface area (Å²) in [4.78, 5) is 0. The van der Waals surface area contributed by atoms with Crippen LogP contribution in [0.1, 0.15) is 30.7 Å². The number of nitrogens with zero attached hydrogens (tertiary/aromatic N) is 2. The van der Waals surface area contributed by atoms with Crippen molar-refractivity contribution in [2.75, 3.05) is 7.05 Å². The molecule has 4 nitrogen and oxygen atoms in total. The van der Waals surface area contributed by atoms with Crippen molar-refractivity contribution in [1.29, 1.82) is 0 Å². The van der Waals surface area contributed by atoms with Crippen LogP contribution in [0.5, 0.6) is 0 Å². The van der Waals surface area contributed by atoms with Crippen molar-refractivity contribution in [2.24, 2.45) is 0 Å². The quantitative estimate of drug-likeness (QED) is 0.755. The van der Waals surface area contributed by atoms with Crippen molar-refractivity contribution in [3.63, 3.8) is 0 Å². The van der Waals surface area contributed by atoms with Crippen LogP contribution in [0.25, 0.3) is 11.0 Å². The van der Waals surface area contributed by atoms with Gasteiger partial charge in [-0.1, -0.05) is 19.1 Å². The van der Waals surface area contributed by atoms with Gasteiger partial charge in [-0.15, -0.1) is 0 Å². The number of halogens is 1. The first kappa shape index (κ1) is 14.4. The van der Waals surface area contributed by atoms with E-state index in [1.165, 1.54) is 0 Å². The van der Waals surface area contributed by atoms with E-state index in [1.54, 1.807) is 0 Å². The maximum absolute atomic E-state index is 6.03. The van der Waals surface area contributed by atoms with Gasteiger partial charge in [-0.3, -0.25) is 4.68 Å². The van der Waals surface area contributed by atoms with Crippen LogP contribution in [0.4, 0.5) is 0 Å². The van der Waals surface area contributed by atoms with E-state index < -0.39 is 0 Å². The van der Waals surface area contributed by atoms with Gasteiger partial charge in [-0.2, -0.15) is 5.10 Å².